The molecular weight excluding hydrogens is 344 g/mol. The minimum Gasteiger partial charge on any atom is -0.360 e. The van der Waals surface area contributed by atoms with E-state index in [4.69, 9.17) is 4.74 Å². The van der Waals surface area contributed by atoms with Crippen LogP contribution in [0.3, 0.4) is 0 Å². The van der Waals surface area contributed by atoms with Crippen LogP contribution in [0.15, 0.2) is 24.5 Å². The molecule has 3 aliphatic rings. The van der Waals surface area contributed by atoms with Crippen LogP contribution >= 0.6 is 0 Å². The lowest BCUT2D eigenvalue weighted by atomic mass is 9.76. The molecule has 0 saturated carbocycles. The highest BCUT2D eigenvalue weighted by Crippen LogP contribution is 2.52. The monoisotopic (exact) mass is 372 g/mol. The van der Waals surface area contributed by atoms with Crippen molar-refractivity contribution >= 4 is 11.8 Å². The Balaban J connectivity index is 1.55. The fourth-order valence-electron chi connectivity index (χ4n) is 4.66. The molecule has 3 aliphatic heterocycles. The number of amides is 2. The number of imidazole rings is 1. The summed E-state index contributed by atoms with van der Waals surface area (Å²) in [7, 11) is 3.68. The minimum atomic E-state index is -0.641. The van der Waals surface area contributed by atoms with Gasteiger partial charge in [-0.15, -0.1) is 0 Å². The third kappa shape index (κ3) is 2.88. The zero-order valence-electron chi connectivity index (χ0n) is 16.7. The highest BCUT2D eigenvalue weighted by Gasteiger charge is 2.67. The van der Waals surface area contributed by atoms with E-state index in [1.165, 1.54) is 0 Å². The summed E-state index contributed by atoms with van der Waals surface area (Å²) in [5, 5.41) is 0. The molecule has 1 spiro atoms. The number of ether oxygens (including phenoxy) is 1. The maximum absolute atomic E-state index is 13.3. The summed E-state index contributed by atoms with van der Waals surface area (Å²) in [6.07, 6.45) is 7.23. The fraction of sp³-hybridized carbons (Fsp3) is 0.650. The molecule has 0 aliphatic carbocycles. The van der Waals surface area contributed by atoms with Gasteiger partial charge in [0.05, 0.1) is 31.0 Å². The number of carbonyl (C=O) groups is 2. The van der Waals surface area contributed by atoms with Crippen LogP contribution in [-0.2, 0) is 27.9 Å². The van der Waals surface area contributed by atoms with Crippen molar-refractivity contribution < 1.29 is 14.3 Å². The molecule has 0 N–H and O–H groups in total. The van der Waals surface area contributed by atoms with Crippen molar-refractivity contribution in [2.24, 2.45) is 24.3 Å². The number of likely N-dealkylation sites (tertiary alicyclic amines) is 1. The van der Waals surface area contributed by atoms with Gasteiger partial charge in [-0.1, -0.05) is 32.9 Å². The number of aromatic nitrogens is 2. The van der Waals surface area contributed by atoms with Gasteiger partial charge in [0.2, 0.25) is 11.8 Å². The second kappa shape index (κ2) is 5.92. The molecule has 4 rings (SSSR count). The summed E-state index contributed by atoms with van der Waals surface area (Å²) in [6, 6.07) is 0. The average Bonchev–Trinajstić information content (AvgIpc) is 3.29. The molecule has 7 heteroatoms. The van der Waals surface area contributed by atoms with Crippen molar-refractivity contribution in [3.05, 3.63) is 30.4 Å². The molecule has 4 atom stereocenters. The van der Waals surface area contributed by atoms with Crippen molar-refractivity contribution in [1.82, 2.24) is 19.4 Å². The zero-order chi connectivity index (χ0) is 19.6. The molecule has 2 amide bonds. The molecule has 4 heterocycles. The molecule has 1 aromatic rings. The number of aryl methyl sites for hydroxylation is 1. The summed E-state index contributed by atoms with van der Waals surface area (Å²) in [4.78, 5) is 34.3. The SMILES string of the molecule is CN(Cc1nccn1C)C(=O)[C@@H]1[C@@H]2C=C[C@@]3(CN(CC(C)(C)C)C(=O)[C@@H]13)O2. The molecule has 0 radical (unpaired) electrons. The van der Waals surface area contributed by atoms with Crippen LogP contribution in [0.25, 0.3) is 0 Å². The van der Waals surface area contributed by atoms with Gasteiger partial charge in [0.25, 0.3) is 0 Å². The van der Waals surface area contributed by atoms with Crippen molar-refractivity contribution in [3.8, 4) is 0 Å². The Morgan fingerprint density at radius 3 is 2.81 bits per heavy atom. The Kier molecular flexibility index (Phi) is 4.00. The summed E-state index contributed by atoms with van der Waals surface area (Å²) in [6.45, 7) is 7.95. The molecule has 2 saturated heterocycles. The standard InChI is InChI=1S/C20H28N4O3/c1-19(2,3)11-24-12-20-7-6-13(27-20)15(16(20)18(24)26)17(25)23(5)10-14-21-8-9-22(14)4/h6-9,13,15-16H,10-12H2,1-5H3/t13-,15+,16+,20-/m0/s1. The van der Waals surface area contributed by atoms with Gasteiger partial charge in [-0.05, 0) is 5.41 Å². The summed E-state index contributed by atoms with van der Waals surface area (Å²) < 4.78 is 8.10. The van der Waals surface area contributed by atoms with Gasteiger partial charge < -0.3 is 19.1 Å². The topological polar surface area (TPSA) is 67.7 Å². The van der Waals surface area contributed by atoms with Crippen LogP contribution in [0.5, 0.6) is 0 Å². The second-order valence-corrected chi connectivity index (χ2v) is 9.30. The van der Waals surface area contributed by atoms with E-state index in [0.717, 1.165) is 5.82 Å². The quantitative estimate of drug-likeness (QED) is 0.745. The highest BCUT2D eigenvalue weighted by molar-refractivity contribution is 5.93. The number of carbonyl (C=O) groups excluding carboxylic acids is 2. The summed E-state index contributed by atoms with van der Waals surface area (Å²) in [5.41, 5.74) is -0.640. The Morgan fingerprint density at radius 2 is 2.19 bits per heavy atom. The smallest absolute Gasteiger partial charge is 0.230 e. The maximum Gasteiger partial charge on any atom is 0.230 e. The number of hydrogen-bond donors (Lipinski definition) is 0. The van der Waals surface area contributed by atoms with Crippen LogP contribution in [0.2, 0.25) is 0 Å². The Morgan fingerprint density at radius 1 is 1.44 bits per heavy atom. The molecule has 1 aromatic heterocycles. The van der Waals surface area contributed by atoms with E-state index in [0.29, 0.717) is 19.6 Å². The number of nitrogens with zero attached hydrogens (tertiary/aromatic N) is 4. The normalized spacial score (nSPS) is 31.7. The Labute approximate surface area is 160 Å². The van der Waals surface area contributed by atoms with Crippen LogP contribution in [0.1, 0.15) is 26.6 Å². The third-order valence-corrected chi connectivity index (χ3v) is 5.80. The lowest BCUT2D eigenvalue weighted by Crippen LogP contribution is -2.45. The fourth-order valence-corrected chi connectivity index (χ4v) is 4.66. The van der Waals surface area contributed by atoms with Gasteiger partial charge >= 0.3 is 0 Å². The van der Waals surface area contributed by atoms with Crippen LogP contribution in [0, 0.1) is 17.3 Å². The van der Waals surface area contributed by atoms with E-state index in [1.807, 2.05) is 34.9 Å². The molecule has 7 nitrogen and oxygen atoms in total. The van der Waals surface area contributed by atoms with E-state index in [-0.39, 0.29) is 23.3 Å². The van der Waals surface area contributed by atoms with Gasteiger partial charge in [-0.3, -0.25) is 9.59 Å². The first kappa shape index (κ1) is 18.2. The minimum absolute atomic E-state index is 0.00115. The van der Waals surface area contributed by atoms with Crippen LogP contribution in [-0.4, -0.2) is 63.0 Å². The van der Waals surface area contributed by atoms with Crippen LogP contribution < -0.4 is 0 Å². The third-order valence-electron chi connectivity index (χ3n) is 5.80. The van der Waals surface area contributed by atoms with E-state index in [1.54, 1.807) is 18.1 Å². The van der Waals surface area contributed by atoms with Gasteiger partial charge in [-0.2, -0.15) is 0 Å². The first-order valence-electron chi connectivity index (χ1n) is 9.48. The van der Waals surface area contributed by atoms with Crippen molar-refractivity contribution in [3.63, 3.8) is 0 Å². The maximum atomic E-state index is 13.3. The lowest BCUT2D eigenvalue weighted by Gasteiger charge is -2.29. The zero-order valence-corrected chi connectivity index (χ0v) is 16.7. The van der Waals surface area contributed by atoms with Gasteiger partial charge in [0.1, 0.15) is 11.4 Å². The molecule has 2 fully saturated rings. The van der Waals surface area contributed by atoms with E-state index in [2.05, 4.69) is 25.8 Å². The summed E-state index contributed by atoms with van der Waals surface area (Å²) in [5.74, 6) is -0.0816. The van der Waals surface area contributed by atoms with Gasteiger partial charge in [0.15, 0.2) is 0 Å². The van der Waals surface area contributed by atoms with E-state index < -0.39 is 17.4 Å². The lowest BCUT2D eigenvalue weighted by molar-refractivity contribution is -0.143. The predicted octanol–water partition coefficient (Wildman–Crippen LogP) is 1.21. The van der Waals surface area contributed by atoms with Crippen molar-refractivity contribution in [2.45, 2.75) is 39.0 Å². The predicted molar refractivity (Wildman–Crippen MR) is 99.4 cm³/mol. The van der Waals surface area contributed by atoms with E-state index >= 15 is 0 Å². The molecule has 146 valence electrons. The number of hydrogen-bond acceptors (Lipinski definition) is 4. The van der Waals surface area contributed by atoms with Crippen molar-refractivity contribution in [1.29, 1.82) is 0 Å². The average molecular weight is 372 g/mol. The van der Waals surface area contributed by atoms with Crippen molar-refractivity contribution in [2.75, 3.05) is 20.1 Å². The molecular formula is C20H28N4O3. The van der Waals surface area contributed by atoms with E-state index in [9.17, 15) is 9.59 Å². The van der Waals surface area contributed by atoms with Crippen LogP contribution in [0.4, 0.5) is 0 Å². The Hall–Kier alpha value is -2.15. The summed E-state index contributed by atoms with van der Waals surface area (Å²) >= 11 is 0. The number of fused-ring (bicyclic) bond motifs is 1. The first-order valence-corrected chi connectivity index (χ1v) is 9.48. The molecule has 0 aromatic carbocycles. The number of rotatable bonds is 4. The molecule has 0 unspecified atom stereocenters. The van der Waals surface area contributed by atoms with Gasteiger partial charge in [-0.25, -0.2) is 4.98 Å². The second-order valence-electron chi connectivity index (χ2n) is 9.30. The molecule has 27 heavy (non-hydrogen) atoms. The van der Waals surface area contributed by atoms with Gasteiger partial charge in [0, 0.05) is 33.0 Å². The first-order chi connectivity index (χ1) is 12.6. The molecule has 2 bridgehead atoms. The largest absolute Gasteiger partial charge is 0.360 e. The highest BCUT2D eigenvalue weighted by atomic mass is 16.5. The Bertz CT molecular complexity index is 808.